The van der Waals surface area contributed by atoms with Crippen molar-refractivity contribution in [2.45, 2.75) is 19.3 Å². The summed E-state index contributed by atoms with van der Waals surface area (Å²) in [5, 5.41) is 3.35. The Bertz CT molecular complexity index is 191. The molecule has 0 aromatic rings. The minimum atomic E-state index is 1.00. The zero-order valence-corrected chi connectivity index (χ0v) is 6.06. The van der Waals surface area contributed by atoms with E-state index < -0.39 is 0 Å². The number of hydrogen-bond acceptors (Lipinski definition) is 2. The number of allylic oxidation sites excluding steroid dienone is 1. The van der Waals surface area contributed by atoms with Crippen molar-refractivity contribution in [3.05, 3.63) is 11.3 Å². The number of nitrogens with zero attached hydrogens (tertiary/aromatic N) is 1. The fraction of sp³-hybridized carbons (Fsp3) is 0.625. The molecule has 0 bridgehead atoms. The van der Waals surface area contributed by atoms with Gasteiger partial charge in [-0.3, -0.25) is 4.99 Å². The van der Waals surface area contributed by atoms with E-state index in [-0.39, 0.29) is 0 Å². The minimum absolute atomic E-state index is 1.00. The lowest BCUT2D eigenvalue weighted by molar-refractivity contribution is 0.651. The van der Waals surface area contributed by atoms with E-state index in [1.165, 1.54) is 25.0 Å². The maximum atomic E-state index is 4.22. The molecule has 2 aliphatic rings. The lowest BCUT2D eigenvalue weighted by atomic mass is 10.00. The van der Waals surface area contributed by atoms with Crippen molar-refractivity contribution in [2.24, 2.45) is 4.99 Å². The zero-order chi connectivity index (χ0) is 6.81. The number of nitrogens with one attached hydrogen (secondary N) is 1. The lowest BCUT2D eigenvalue weighted by Gasteiger charge is -2.21. The van der Waals surface area contributed by atoms with Gasteiger partial charge in [-0.25, -0.2) is 0 Å². The van der Waals surface area contributed by atoms with Crippen LogP contribution in [-0.4, -0.2) is 19.3 Å². The fourth-order valence-electron chi connectivity index (χ4n) is 1.54. The molecule has 0 aromatic carbocycles. The maximum absolute atomic E-state index is 4.22. The van der Waals surface area contributed by atoms with Crippen LogP contribution in [0.3, 0.4) is 0 Å². The molecule has 2 heterocycles. The van der Waals surface area contributed by atoms with Crippen LogP contribution < -0.4 is 5.32 Å². The minimum Gasteiger partial charge on any atom is -0.384 e. The Balaban J connectivity index is 2.23. The molecule has 0 atom stereocenters. The van der Waals surface area contributed by atoms with Crippen molar-refractivity contribution in [1.82, 2.24) is 5.32 Å². The Kier molecular flexibility index (Phi) is 1.46. The first-order valence-electron chi connectivity index (χ1n) is 3.92. The highest BCUT2D eigenvalue weighted by Crippen LogP contribution is 2.19. The molecule has 0 radical (unpaired) electrons. The van der Waals surface area contributed by atoms with E-state index in [0.29, 0.717) is 0 Å². The summed E-state index contributed by atoms with van der Waals surface area (Å²) in [5.74, 6) is 0. The van der Waals surface area contributed by atoms with Crippen LogP contribution in [0.25, 0.3) is 0 Å². The Labute approximate surface area is 61.0 Å². The van der Waals surface area contributed by atoms with Crippen molar-refractivity contribution in [3.63, 3.8) is 0 Å². The molecule has 54 valence electrons. The molecule has 2 nitrogen and oxygen atoms in total. The van der Waals surface area contributed by atoms with Crippen LogP contribution in [-0.2, 0) is 0 Å². The molecule has 0 amide bonds. The van der Waals surface area contributed by atoms with E-state index in [2.05, 4.69) is 10.3 Å². The van der Waals surface area contributed by atoms with Gasteiger partial charge in [-0.2, -0.15) is 0 Å². The van der Waals surface area contributed by atoms with Crippen molar-refractivity contribution >= 4 is 6.21 Å². The van der Waals surface area contributed by atoms with Gasteiger partial charge in [0, 0.05) is 19.3 Å². The topological polar surface area (TPSA) is 24.4 Å². The maximum Gasteiger partial charge on any atom is 0.0514 e. The van der Waals surface area contributed by atoms with Gasteiger partial charge in [0.15, 0.2) is 0 Å². The van der Waals surface area contributed by atoms with E-state index in [1.54, 1.807) is 5.57 Å². The molecule has 0 aromatic heterocycles. The monoisotopic (exact) mass is 136 g/mol. The highest BCUT2D eigenvalue weighted by Gasteiger charge is 2.11. The van der Waals surface area contributed by atoms with E-state index in [4.69, 9.17) is 0 Å². The molecule has 0 fully saturated rings. The molecular weight excluding hydrogens is 124 g/mol. The van der Waals surface area contributed by atoms with Crippen molar-refractivity contribution in [2.75, 3.05) is 13.1 Å². The number of aliphatic imine (C=N–C) groups is 1. The second-order valence-electron chi connectivity index (χ2n) is 2.83. The van der Waals surface area contributed by atoms with Crippen molar-refractivity contribution in [1.29, 1.82) is 0 Å². The molecule has 2 heteroatoms. The van der Waals surface area contributed by atoms with Crippen LogP contribution in [0.4, 0.5) is 0 Å². The molecule has 0 saturated carbocycles. The Morgan fingerprint density at radius 1 is 1.40 bits per heavy atom. The van der Waals surface area contributed by atoms with Gasteiger partial charge in [0.2, 0.25) is 0 Å². The van der Waals surface area contributed by atoms with E-state index in [9.17, 15) is 0 Å². The summed E-state index contributed by atoms with van der Waals surface area (Å²) in [6.45, 7) is 2.13. The van der Waals surface area contributed by atoms with E-state index in [0.717, 1.165) is 13.1 Å². The van der Waals surface area contributed by atoms with Gasteiger partial charge in [-0.05, 0) is 24.8 Å². The first-order valence-corrected chi connectivity index (χ1v) is 3.92. The Morgan fingerprint density at radius 2 is 2.40 bits per heavy atom. The molecule has 2 rings (SSSR count). The Hall–Kier alpha value is -0.790. The standard InChI is InChI=1S/C8H12N2/c1-2-7-3-5-9-6-8(7)10-4-1/h6,10H,1-5H2. The van der Waals surface area contributed by atoms with Crippen LogP contribution in [0.5, 0.6) is 0 Å². The smallest absolute Gasteiger partial charge is 0.0514 e. The third-order valence-electron chi connectivity index (χ3n) is 2.11. The summed E-state index contributed by atoms with van der Waals surface area (Å²) < 4.78 is 0. The lowest BCUT2D eigenvalue weighted by Crippen LogP contribution is -2.24. The quantitative estimate of drug-likeness (QED) is 0.530. The normalized spacial score (nSPS) is 24.0. The molecular formula is C8H12N2. The Morgan fingerprint density at radius 3 is 3.30 bits per heavy atom. The molecule has 0 aliphatic carbocycles. The fourth-order valence-corrected chi connectivity index (χ4v) is 1.54. The summed E-state index contributed by atoms with van der Waals surface area (Å²) in [5.41, 5.74) is 2.89. The third-order valence-corrected chi connectivity index (χ3v) is 2.11. The highest BCUT2D eigenvalue weighted by molar-refractivity contribution is 5.80. The van der Waals surface area contributed by atoms with Gasteiger partial charge in [-0.15, -0.1) is 0 Å². The van der Waals surface area contributed by atoms with Crippen LogP contribution in [0, 0.1) is 0 Å². The number of hydrogen-bond donors (Lipinski definition) is 1. The first-order chi connectivity index (χ1) is 4.97. The molecule has 1 N–H and O–H groups in total. The number of dihydropyridines is 1. The highest BCUT2D eigenvalue weighted by atomic mass is 14.9. The van der Waals surface area contributed by atoms with E-state index >= 15 is 0 Å². The summed E-state index contributed by atoms with van der Waals surface area (Å²) in [6.07, 6.45) is 5.75. The molecule has 0 spiro atoms. The first kappa shape index (κ1) is 5.96. The van der Waals surface area contributed by atoms with Crippen LogP contribution >= 0.6 is 0 Å². The van der Waals surface area contributed by atoms with Crippen LogP contribution in [0.15, 0.2) is 16.3 Å². The van der Waals surface area contributed by atoms with E-state index in [1.807, 2.05) is 6.21 Å². The molecule has 10 heavy (non-hydrogen) atoms. The van der Waals surface area contributed by atoms with Gasteiger partial charge in [0.05, 0.1) is 5.70 Å². The van der Waals surface area contributed by atoms with Crippen molar-refractivity contribution in [3.8, 4) is 0 Å². The summed E-state index contributed by atoms with van der Waals surface area (Å²) in [7, 11) is 0. The molecule has 0 unspecified atom stereocenters. The second kappa shape index (κ2) is 2.45. The predicted molar refractivity (Wildman–Crippen MR) is 42.2 cm³/mol. The summed E-state index contributed by atoms with van der Waals surface area (Å²) >= 11 is 0. The van der Waals surface area contributed by atoms with Gasteiger partial charge in [0.1, 0.15) is 0 Å². The molecule has 2 aliphatic heterocycles. The predicted octanol–water partition coefficient (Wildman–Crippen LogP) is 1.10. The molecule has 0 saturated heterocycles. The number of rotatable bonds is 0. The van der Waals surface area contributed by atoms with Gasteiger partial charge >= 0.3 is 0 Å². The van der Waals surface area contributed by atoms with Gasteiger partial charge in [0.25, 0.3) is 0 Å². The van der Waals surface area contributed by atoms with Crippen LogP contribution in [0.1, 0.15) is 19.3 Å². The summed E-state index contributed by atoms with van der Waals surface area (Å²) in [6, 6.07) is 0. The van der Waals surface area contributed by atoms with Gasteiger partial charge < -0.3 is 5.32 Å². The SMILES string of the molecule is C1=NCCC2=C1NCCC2. The van der Waals surface area contributed by atoms with Crippen molar-refractivity contribution < 1.29 is 0 Å². The summed E-state index contributed by atoms with van der Waals surface area (Å²) in [4.78, 5) is 4.22. The average Bonchev–Trinajstić information content (AvgIpc) is 2.05. The average molecular weight is 136 g/mol. The zero-order valence-electron chi connectivity index (χ0n) is 6.06. The second-order valence-corrected chi connectivity index (χ2v) is 2.83. The van der Waals surface area contributed by atoms with Gasteiger partial charge in [-0.1, -0.05) is 0 Å². The van der Waals surface area contributed by atoms with Crippen LogP contribution in [0.2, 0.25) is 0 Å². The third kappa shape index (κ3) is 0.939. The largest absolute Gasteiger partial charge is 0.384 e.